The Hall–Kier alpha value is -2.48. The third-order valence-electron chi connectivity index (χ3n) is 8.39. The zero-order chi connectivity index (χ0) is 25.8. The van der Waals surface area contributed by atoms with E-state index in [0.29, 0.717) is 12.0 Å². The number of hydrogen-bond acceptors (Lipinski definition) is 5. The maximum absolute atomic E-state index is 13.1. The van der Waals surface area contributed by atoms with Crippen LogP contribution in [0.15, 0.2) is 40.6 Å². The van der Waals surface area contributed by atoms with Crippen molar-refractivity contribution in [2.45, 2.75) is 76.0 Å². The number of aryl methyl sites for hydroxylation is 3. The number of benzene rings is 2. The Morgan fingerprint density at radius 2 is 1.86 bits per heavy atom. The van der Waals surface area contributed by atoms with Gasteiger partial charge in [-0.2, -0.15) is 0 Å². The summed E-state index contributed by atoms with van der Waals surface area (Å²) in [7, 11) is -3.88. The molecule has 194 valence electrons. The van der Waals surface area contributed by atoms with Crippen molar-refractivity contribution in [3.05, 3.63) is 74.7 Å². The minimum Gasteiger partial charge on any atom is -0.376 e. The standard InChI is InChI=1S/C30H33NO4S2/c1-3-20-13-23(22-5-4-21-7-11-35-18-25(21)14-22)12-19(2)26(20)16-28(32)31-37(33,34)29-15-24-17-30(9-10-30)8-6-27(24)36-29/h4-5,12-15H,3,6-11,16-18H2,1-2H3,(H,31,32). The lowest BCUT2D eigenvalue weighted by atomic mass is 9.86. The highest BCUT2D eigenvalue weighted by Crippen LogP contribution is 2.55. The van der Waals surface area contributed by atoms with E-state index in [1.165, 1.54) is 40.2 Å². The van der Waals surface area contributed by atoms with Gasteiger partial charge in [0.25, 0.3) is 10.0 Å². The molecule has 1 amide bonds. The molecule has 1 saturated carbocycles. The van der Waals surface area contributed by atoms with Crippen LogP contribution in [0.3, 0.4) is 0 Å². The third kappa shape index (κ3) is 4.89. The largest absolute Gasteiger partial charge is 0.376 e. The van der Waals surface area contributed by atoms with Crippen molar-refractivity contribution in [1.29, 1.82) is 0 Å². The van der Waals surface area contributed by atoms with Crippen LogP contribution in [0.2, 0.25) is 0 Å². The van der Waals surface area contributed by atoms with Crippen LogP contribution in [0.5, 0.6) is 0 Å². The van der Waals surface area contributed by atoms with Crippen LogP contribution >= 0.6 is 11.3 Å². The lowest BCUT2D eigenvalue weighted by molar-refractivity contribution is -0.118. The molecule has 0 unspecified atom stereocenters. The topological polar surface area (TPSA) is 72.5 Å². The molecule has 1 aliphatic heterocycles. The van der Waals surface area contributed by atoms with E-state index >= 15 is 0 Å². The number of thiophene rings is 1. The molecule has 37 heavy (non-hydrogen) atoms. The number of amides is 1. The molecule has 1 aromatic heterocycles. The van der Waals surface area contributed by atoms with Gasteiger partial charge in [-0.15, -0.1) is 11.3 Å². The van der Waals surface area contributed by atoms with E-state index in [9.17, 15) is 13.2 Å². The number of hydrogen-bond donors (Lipinski definition) is 1. The minimum absolute atomic E-state index is 0.0424. The SMILES string of the molecule is CCc1cc(-c2ccc3c(c2)COCC3)cc(C)c1CC(=O)NS(=O)(=O)c1cc2c(s1)CCC1(CC1)C2. The number of carbonyl (C=O) groups excluding carboxylic acids is 1. The van der Waals surface area contributed by atoms with E-state index in [-0.39, 0.29) is 10.6 Å². The molecule has 2 heterocycles. The summed E-state index contributed by atoms with van der Waals surface area (Å²) in [6.07, 6.45) is 7.33. The Labute approximate surface area is 223 Å². The summed E-state index contributed by atoms with van der Waals surface area (Å²) in [6, 6.07) is 12.6. The van der Waals surface area contributed by atoms with Crippen LogP contribution < -0.4 is 4.72 Å². The molecular weight excluding hydrogens is 502 g/mol. The third-order valence-corrected chi connectivity index (χ3v) is 11.5. The van der Waals surface area contributed by atoms with Crippen molar-refractivity contribution >= 4 is 27.3 Å². The molecule has 1 fully saturated rings. The molecule has 1 spiro atoms. The Balaban J connectivity index is 1.20. The number of carbonyl (C=O) groups is 1. The number of ether oxygens (including phenoxy) is 1. The summed E-state index contributed by atoms with van der Waals surface area (Å²) in [5.41, 5.74) is 9.37. The first kappa shape index (κ1) is 24.8. The van der Waals surface area contributed by atoms with Crippen LogP contribution in [0.1, 0.15) is 64.4 Å². The first-order valence-corrected chi connectivity index (χ1v) is 15.5. The van der Waals surface area contributed by atoms with Crippen molar-refractivity contribution in [3.8, 4) is 11.1 Å². The minimum atomic E-state index is -3.88. The van der Waals surface area contributed by atoms with Gasteiger partial charge in [0, 0.05) is 4.88 Å². The van der Waals surface area contributed by atoms with Crippen LogP contribution in [-0.2, 0) is 58.3 Å². The zero-order valence-electron chi connectivity index (χ0n) is 21.5. The molecule has 7 heteroatoms. The predicted molar refractivity (Wildman–Crippen MR) is 146 cm³/mol. The molecule has 1 N–H and O–H groups in total. The number of fused-ring (bicyclic) bond motifs is 2. The Morgan fingerprint density at radius 3 is 2.65 bits per heavy atom. The maximum atomic E-state index is 13.1. The van der Waals surface area contributed by atoms with Gasteiger partial charge < -0.3 is 4.74 Å². The van der Waals surface area contributed by atoms with Crippen LogP contribution in [0.25, 0.3) is 11.1 Å². The van der Waals surface area contributed by atoms with Crippen LogP contribution in [0, 0.1) is 12.3 Å². The van der Waals surface area contributed by atoms with E-state index in [4.69, 9.17) is 4.74 Å². The molecule has 0 radical (unpaired) electrons. The zero-order valence-corrected chi connectivity index (χ0v) is 23.1. The molecule has 0 atom stereocenters. The van der Waals surface area contributed by atoms with E-state index in [1.807, 2.05) is 6.92 Å². The van der Waals surface area contributed by atoms with Crippen molar-refractivity contribution in [2.24, 2.45) is 5.41 Å². The van der Waals surface area contributed by atoms with Gasteiger partial charge in [0.1, 0.15) is 4.21 Å². The molecule has 0 bridgehead atoms. The second-order valence-corrected chi connectivity index (χ2v) is 14.0. The van der Waals surface area contributed by atoms with E-state index < -0.39 is 15.9 Å². The normalized spacial score (nSPS) is 17.8. The number of nitrogens with one attached hydrogen (secondary N) is 1. The van der Waals surface area contributed by atoms with Crippen molar-refractivity contribution in [1.82, 2.24) is 4.72 Å². The lowest BCUT2D eigenvalue weighted by Gasteiger charge is -2.20. The number of rotatable bonds is 6. The molecular formula is C30H33NO4S2. The summed E-state index contributed by atoms with van der Waals surface area (Å²) < 4.78 is 34.4. The fourth-order valence-electron chi connectivity index (χ4n) is 5.98. The average Bonchev–Trinajstić information content (AvgIpc) is 3.48. The van der Waals surface area contributed by atoms with Gasteiger partial charge in [-0.1, -0.05) is 31.2 Å². The van der Waals surface area contributed by atoms with Gasteiger partial charge in [-0.3, -0.25) is 4.79 Å². The summed E-state index contributed by atoms with van der Waals surface area (Å²) in [4.78, 5) is 14.2. The highest BCUT2D eigenvalue weighted by molar-refractivity contribution is 7.92. The molecule has 0 saturated heterocycles. The van der Waals surface area contributed by atoms with Crippen molar-refractivity contribution < 1.29 is 17.9 Å². The second kappa shape index (κ2) is 9.37. The van der Waals surface area contributed by atoms with Gasteiger partial charge in [0.15, 0.2) is 0 Å². The van der Waals surface area contributed by atoms with Crippen molar-refractivity contribution in [2.75, 3.05) is 6.61 Å². The Morgan fingerprint density at radius 1 is 1.03 bits per heavy atom. The lowest BCUT2D eigenvalue weighted by Crippen LogP contribution is -2.31. The summed E-state index contributed by atoms with van der Waals surface area (Å²) >= 11 is 1.33. The fraction of sp³-hybridized carbons (Fsp3) is 0.433. The quantitative estimate of drug-likeness (QED) is 0.441. The van der Waals surface area contributed by atoms with Crippen LogP contribution in [0.4, 0.5) is 0 Å². The Bertz CT molecular complexity index is 1500. The van der Waals surface area contributed by atoms with Gasteiger partial charge >= 0.3 is 0 Å². The highest BCUT2D eigenvalue weighted by Gasteiger charge is 2.45. The molecule has 2 aromatic carbocycles. The van der Waals surface area contributed by atoms with Gasteiger partial charge in [-0.05, 0) is 114 Å². The monoisotopic (exact) mass is 535 g/mol. The maximum Gasteiger partial charge on any atom is 0.273 e. The molecule has 6 rings (SSSR count). The highest BCUT2D eigenvalue weighted by atomic mass is 32.2. The average molecular weight is 536 g/mol. The van der Waals surface area contributed by atoms with Crippen molar-refractivity contribution in [3.63, 3.8) is 0 Å². The van der Waals surface area contributed by atoms with Gasteiger partial charge in [-0.25, -0.2) is 13.1 Å². The molecule has 5 nitrogen and oxygen atoms in total. The summed E-state index contributed by atoms with van der Waals surface area (Å²) in [6.45, 7) is 5.49. The van der Waals surface area contributed by atoms with Gasteiger partial charge in [0.05, 0.1) is 19.6 Å². The van der Waals surface area contributed by atoms with Crippen LogP contribution in [-0.4, -0.2) is 20.9 Å². The fourth-order valence-corrected chi connectivity index (χ4v) is 8.52. The van der Waals surface area contributed by atoms with Gasteiger partial charge in [0.2, 0.25) is 5.91 Å². The predicted octanol–water partition coefficient (Wildman–Crippen LogP) is 5.68. The molecule has 3 aromatic rings. The summed E-state index contributed by atoms with van der Waals surface area (Å²) in [5.74, 6) is -0.485. The molecule has 3 aliphatic rings. The summed E-state index contributed by atoms with van der Waals surface area (Å²) in [5, 5.41) is 0. The van der Waals surface area contributed by atoms with E-state index in [1.54, 1.807) is 6.07 Å². The first-order chi connectivity index (χ1) is 17.7. The number of sulfonamides is 1. The van der Waals surface area contributed by atoms with E-state index in [2.05, 4.69) is 42.0 Å². The smallest absolute Gasteiger partial charge is 0.273 e. The first-order valence-electron chi connectivity index (χ1n) is 13.2. The Kier molecular flexibility index (Phi) is 6.29. The van der Waals surface area contributed by atoms with E-state index in [0.717, 1.165) is 72.1 Å². The second-order valence-electron chi connectivity index (χ2n) is 11.0. The molecule has 2 aliphatic carbocycles.